The van der Waals surface area contributed by atoms with Crippen LogP contribution in [0.4, 0.5) is 17.6 Å². The molecule has 0 bridgehead atoms. The van der Waals surface area contributed by atoms with E-state index in [4.69, 9.17) is 0 Å². The summed E-state index contributed by atoms with van der Waals surface area (Å²) in [5.41, 5.74) is 1.23. The predicted molar refractivity (Wildman–Crippen MR) is 29.7 cm³/mol. The van der Waals surface area contributed by atoms with Crippen LogP contribution in [0.5, 0.6) is 0 Å². The Bertz CT molecular complexity index is 187. The fourth-order valence-electron chi connectivity index (χ4n) is 0.615. The van der Waals surface area contributed by atoms with Gasteiger partial charge in [-0.1, -0.05) is 0 Å². The molecule has 2 nitrogen and oxygen atoms in total. The average molecular weight is 167 g/mol. The van der Waals surface area contributed by atoms with Gasteiger partial charge in [-0.2, -0.15) is 5.43 Å². The van der Waals surface area contributed by atoms with E-state index < -0.39 is 24.1 Å². The zero-order valence-corrected chi connectivity index (χ0v) is 5.14. The molecule has 0 saturated carbocycles. The summed E-state index contributed by atoms with van der Waals surface area (Å²) in [6.45, 7) is 0. The zero-order chi connectivity index (χ0) is 8.43. The van der Waals surface area contributed by atoms with Gasteiger partial charge in [0.15, 0.2) is 0 Å². The van der Waals surface area contributed by atoms with Gasteiger partial charge in [0.05, 0.1) is 11.8 Å². The molecule has 0 spiro atoms. The summed E-state index contributed by atoms with van der Waals surface area (Å²) in [6, 6.07) is 0. The second-order valence-electron chi connectivity index (χ2n) is 1.79. The minimum absolute atomic E-state index is 0.645. The van der Waals surface area contributed by atoms with Crippen molar-refractivity contribution in [2.45, 2.75) is 12.9 Å². The topological polar surface area (TPSA) is 26.5 Å². The first-order chi connectivity index (χ1) is 5.13. The van der Waals surface area contributed by atoms with Crippen LogP contribution in [0, 0.1) is 0 Å². The van der Waals surface area contributed by atoms with Crippen LogP contribution < -0.4 is 5.43 Å². The Kier molecular flexibility index (Phi) is 2.11. The third-order valence-electron chi connectivity index (χ3n) is 1.10. The molecule has 0 amide bonds. The molecule has 1 aliphatic heterocycles. The molecular formula is C5H3F4N2. The van der Waals surface area contributed by atoms with Crippen LogP contribution in [-0.4, -0.2) is 18.6 Å². The Labute approximate surface area is 59.6 Å². The van der Waals surface area contributed by atoms with Crippen LogP contribution in [-0.2, 0) is 0 Å². The number of nitrogens with zero attached hydrogens (tertiary/aromatic N) is 2. The molecule has 0 unspecified atom stereocenters. The predicted octanol–water partition coefficient (Wildman–Crippen LogP) is 1.37. The quantitative estimate of drug-likeness (QED) is 0.555. The molecule has 1 radical (unpaired) electrons. The molecule has 1 heterocycles. The van der Waals surface area contributed by atoms with Crippen LogP contribution in [0.15, 0.2) is 16.9 Å². The molecule has 61 valence electrons. The van der Waals surface area contributed by atoms with Crippen molar-refractivity contribution in [2.75, 3.05) is 0 Å². The highest BCUT2D eigenvalue weighted by Crippen LogP contribution is 2.18. The Morgan fingerprint density at radius 3 is 2.09 bits per heavy atom. The molecule has 6 heteroatoms. The molecule has 0 aromatic carbocycles. The summed E-state index contributed by atoms with van der Waals surface area (Å²) >= 11 is 0. The van der Waals surface area contributed by atoms with Crippen molar-refractivity contribution in [3.8, 4) is 0 Å². The second-order valence-corrected chi connectivity index (χ2v) is 1.79. The number of rotatable bonds is 2. The normalized spacial score (nSPS) is 16.9. The van der Waals surface area contributed by atoms with Crippen LogP contribution in [0.2, 0.25) is 0 Å². The maximum Gasteiger partial charge on any atom is 0.282 e. The highest BCUT2D eigenvalue weighted by Gasteiger charge is 2.28. The van der Waals surface area contributed by atoms with E-state index in [2.05, 4.69) is 10.5 Å². The zero-order valence-electron chi connectivity index (χ0n) is 5.14. The number of halogens is 4. The molecule has 1 rings (SSSR count). The maximum atomic E-state index is 11.8. The van der Waals surface area contributed by atoms with E-state index in [1.54, 1.807) is 0 Å². The van der Waals surface area contributed by atoms with E-state index in [0.29, 0.717) is 6.20 Å². The smallest absolute Gasteiger partial charge is 0.205 e. The monoisotopic (exact) mass is 167 g/mol. The van der Waals surface area contributed by atoms with E-state index in [0.717, 1.165) is 0 Å². The lowest BCUT2D eigenvalue weighted by atomic mass is 10.2. The summed E-state index contributed by atoms with van der Waals surface area (Å²) in [4.78, 5) is 0. The first-order valence-electron chi connectivity index (χ1n) is 2.67. The van der Waals surface area contributed by atoms with Crippen LogP contribution in [0.3, 0.4) is 0 Å². The van der Waals surface area contributed by atoms with E-state index in [1.807, 2.05) is 0 Å². The molecule has 0 aromatic rings. The van der Waals surface area contributed by atoms with Crippen molar-refractivity contribution in [1.82, 2.24) is 5.43 Å². The van der Waals surface area contributed by atoms with E-state index in [9.17, 15) is 17.6 Å². The van der Waals surface area contributed by atoms with Gasteiger partial charge in [0.1, 0.15) is 5.71 Å². The summed E-state index contributed by atoms with van der Waals surface area (Å²) in [5.74, 6) is 0. The Morgan fingerprint density at radius 1 is 1.09 bits per heavy atom. The van der Waals surface area contributed by atoms with Gasteiger partial charge in [-0.15, -0.1) is 5.10 Å². The van der Waals surface area contributed by atoms with E-state index in [1.165, 1.54) is 0 Å². The first-order valence-corrected chi connectivity index (χ1v) is 2.67. The van der Waals surface area contributed by atoms with Gasteiger partial charge in [-0.3, -0.25) is 0 Å². The van der Waals surface area contributed by atoms with Gasteiger partial charge < -0.3 is 0 Å². The lowest BCUT2D eigenvalue weighted by Crippen LogP contribution is -2.15. The number of allylic oxidation sites excluding steroid dienone is 1. The van der Waals surface area contributed by atoms with Gasteiger partial charge in [-0.25, -0.2) is 17.6 Å². The molecule has 1 aliphatic rings. The molecule has 0 atom stereocenters. The van der Waals surface area contributed by atoms with Gasteiger partial charge in [0.25, 0.3) is 12.9 Å². The van der Waals surface area contributed by atoms with Crippen molar-refractivity contribution in [3.63, 3.8) is 0 Å². The summed E-state index contributed by atoms with van der Waals surface area (Å²) < 4.78 is 47.2. The molecule has 0 aliphatic carbocycles. The third kappa shape index (κ3) is 1.50. The molecule has 0 saturated heterocycles. The Morgan fingerprint density at radius 2 is 1.73 bits per heavy atom. The summed E-state index contributed by atoms with van der Waals surface area (Å²) in [6.07, 6.45) is -5.28. The van der Waals surface area contributed by atoms with E-state index in [-0.39, 0.29) is 0 Å². The first kappa shape index (κ1) is 8.03. The molecule has 11 heavy (non-hydrogen) atoms. The fourth-order valence-corrected chi connectivity index (χ4v) is 0.615. The summed E-state index contributed by atoms with van der Waals surface area (Å²) in [5, 5.41) is 2.86. The number of hydrogen-bond donors (Lipinski definition) is 0. The fraction of sp³-hybridized carbons (Fsp3) is 0.400. The van der Waals surface area contributed by atoms with Gasteiger partial charge in [-0.05, 0) is 0 Å². The Hall–Kier alpha value is -1.07. The SMILES string of the molecule is FC(F)C1=C[N]N=C1C(F)F. The van der Waals surface area contributed by atoms with Gasteiger partial charge in [0.2, 0.25) is 0 Å². The van der Waals surface area contributed by atoms with Crippen LogP contribution in [0.1, 0.15) is 0 Å². The molecule has 0 fully saturated rings. The molecule has 0 aromatic heterocycles. The van der Waals surface area contributed by atoms with E-state index >= 15 is 0 Å². The van der Waals surface area contributed by atoms with Crippen molar-refractivity contribution < 1.29 is 17.6 Å². The van der Waals surface area contributed by atoms with Crippen molar-refractivity contribution >= 4 is 5.71 Å². The average Bonchev–Trinajstić information content (AvgIpc) is 2.32. The summed E-state index contributed by atoms with van der Waals surface area (Å²) in [7, 11) is 0. The van der Waals surface area contributed by atoms with Crippen LogP contribution >= 0.6 is 0 Å². The molecular weight excluding hydrogens is 164 g/mol. The lowest BCUT2D eigenvalue weighted by molar-refractivity contribution is 0.187. The van der Waals surface area contributed by atoms with Gasteiger partial charge >= 0.3 is 0 Å². The maximum absolute atomic E-state index is 11.8. The Balaban J connectivity index is 2.76. The lowest BCUT2D eigenvalue weighted by Gasteiger charge is -2.01. The largest absolute Gasteiger partial charge is 0.282 e. The van der Waals surface area contributed by atoms with Crippen molar-refractivity contribution in [1.29, 1.82) is 0 Å². The number of alkyl halides is 4. The molecule has 0 N–H and O–H groups in total. The minimum Gasteiger partial charge on any atom is -0.205 e. The number of hydrogen-bond acceptors (Lipinski definition) is 1. The third-order valence-corrected chi connectivity index (χ3v) is 1.10. The van der Waals surface area contributed by atoms with Crippen LogP contribution in [0.25, 0.3) is 0 Å². The van der Waals surface area contributed by atoms with Gasteiger partial charge in [0, 0.05) is 0 Å². The van der Waals surface area contributed by atoms with Crippen molar-refractivity contribution in [3.05, 3.63) is 11.8 Å². The minimum atomic E-state index is -2.98. The highest BCUT2D eigenvalue weighted by atomic mass is 19.3. The highest BCUT2D eigenvalue weighted by molar-refractivity contribution is 6.04. The standard InChI is InChI=1S/C5H3F4N2/c6-4(7)2-1-10-11-3(2)5(8)9/h1,4-5H. The van der Waals surface area contributed by atoms with Crippen molar-refractivity contribution in [2.24, 2.45) is 5.10 Å². The second kappa shape index (κ2) is 2.89.